The summed E-state index contributed by atoms with van der Waals surface area (Å²) < 4.78 is 0. The third-order valence-corrected chi connectivity index (χ3v) is 4.81. The fraction of sp³-hybridized carbons (Fsp3) is 0.882. The summed E-state index contributed by atoms with van der Waals surface area (Å²) in [5, 5.41) is 2.95. The number of rotatable bonds is 7. The molecule has 1 saturated carbocycles. The monoisotopic (exact) mass is 294 g/mol. The molecule has 2 rings (SSSR count). The molecule has 1 aliphatic carbocycles. The van der Waals surface area contributed by atoms with Crippen LogP contribution in [0.5, 0.6) is 0 Å². The van der Waals surface area contributed by atoms with Crippen molar-refractivity contribution in [1.29, 1.82) is 0 Å². The van der Waals surface area contributed by atoms with Gasteiger partial charge in [-0.25, -0.2) is 0 Å². The van der Waals surface area contributed by atoms with Gasteiger partial charge in [0.05, 0.1) is 0 Å². The number of piperazine rings is 1. The van der Waals surface area contributed by atoms with Crippen molar-refractivity contribution in [3.8, 4) is 0 Å². The maximum Gasteiger partial charge on any atom is 0.246 e. The van der Waals surface area contributed by atoms with Gasteiger partial charge in [0.1, 0.15) is 12.1 Å². The van der Waals surface area contributed by atoms with Gasteiger partial charge in [-0.1, -0.05) is 47.0 Å². The number of nitrogens with one attached hydrogen (secondary N) is 1. The van der Waals surface area contributed by atoms with Crippen molar-refractivity contribution in [2.45, 2.75) is 84.3 Å². The van der Waals surface area contributed by atoms with Gasteiger partial charge in [0.25, 0.3) is 0 Å². The predicted octanol–water partition coefficient (Wildman–Crippen LogP) is 2.72. The van der Waals surface area contributed by atoms with Crippen LogP contribution in [0.4, 0.5) is 0 Å². The van der Waals surface area contributed by atoms with Gasteiger partial charge < -0.3 is 10.2 Å². The van der Waals surface area contributed by atoms with Crippen molar-refractivity contribution in [1.82, 2.24) is 10.2 Å². The van der Waals surface area contributed by atoms with Gasteiger partial charge in [-0.05, 0) is 31.1 Å². The Kier molecular flexibility index (Phi) is 5.28. The van der Waals surface area contributed by atoms with E-state index in [9.17, 15) is 9.59 Å². The van der Waals surface area contributed by atoms with E-state index in [0.29, 0.717) is 0 Å². The first kappa shape index (κ1) is 16.3. The molecule has 4 heteroatoms. The van der Waals surface area contributed by atoms with Crippen molar-refractivity contribution in [3.05, 3.63) is 0 Å². The highest BCUT2D eigenvalue weighted by molar-refractivity contribution is 5.97. The normalized spacial score (nSPS) is 28.0. The van der Waals surface area contributed by atoms with E-state index in [2.05, 4.69) is 19.2 Å². The second kappa shape index (κ2) is 6.80. The first-order valence-corrected chi connectivity index (χ1v) is 8.62. The molecule has 2 aliphatic rings. The molecule has 0 aromatic rings. The second-order valence-electron chi connectivity index (χ2n) is 7.03. The summed E-state index contributed by atoms with van der Waals surface area (Å²) in [5.41, 5.74) is 0. The Morgan fingerprint density at radius 3 is 2.38 bits per heavy atom. The van der Waals surface area contributed by atoms with Gasteiger partial charge in [0.2, 0.25) is 11.8 Å². The number of carbonyl (C=O) groups excluding carboxylic acids is 2. The van der Waals surface area contributed by atoms with Crippen LogP contribution in [0, 0.1) is 11.8 Å². The van der Waals surface area contributed by atoms with E-state index in [4.69, 9.17) is 0 Å². The number of amides is 2. The molecule has 0 radical (unpaired) electrons. The summed E-state index contributed by atoms with van der Waals surface area (Å²) in [5.74, 6) is 1.11. The highest BCUT2D eigenvalue weighted by Crippen LogP contribution is 2.37. The van der Waals surface area contributed by atoms with Gasteiger partial charge in [-0.3, -0.25) is 9.59 Å². The first-order valence-electron chi connectivity index (χ1n) is 8.62. The van der Waals surface area contributed by atoms with Gasteiger partial charge >= 0.3 is 0 Å². The second-order valence-corrected chi connectivity index (χ2v) is 7.03. The largest absolute Gasteiger partial charge is 0.342 e. The molecule has 1 N–H and O–H groups in total. The zero-order valence-electron chi connectivity index (χ0n) is 13.9. The molecule has 120 valence electrons. The SMILES string of the molecule is CCCC1NC(=O)C(C(C)C)N(C(CC)CC2CC2)C1=O. The molecular weight excluding hydrogens is 264 g/mol. The minimum Gasteiger partial charge on any atom is -0.342 e. The summed E-state index contributed by atoms with van der Waals surface area (Å²) in [6.45, 7) is 8.27. The lowest BCUT2D eigenvalue weighted by molar-refractivity contribution is -0.154. The van der Waals surface area contributed by atoms with Crippen LogP contribution in [0.25, 0.3) is 0 Å². The molecule has 2 amide bonds. The maximum atomic E-state index is 12.9. The molecule has 1 heterocycles. The standard InChI is InChI=1S/C17H30N2O2/c1-5-7-14-17(21)19(13(6-2)10-12-8-9-12)15(11(3)4)16(20)18-14/h11-15H,5-10H2,1-4H3,(H,18,20). The molecule has 3 unspecified atom stereocenters. The molecule has 0 bridgehead atoms. The zero-order chi connectivity index (χ0) is 15.6. The van der Waals surface area contributed by atoms with Crippen LogP contribution in [-0.2, 0) is 9.59 Å². The van der Waals surface area contributed by atoms with Crippen molar-refractivity contribution < 1.29 is 9.59 Å². The molecule has 0 aromatic heterocycles. The van der Waals surface area contributed by atoms with Crippen LogP contribution in [0.3, 0.4) is 0 Å². The van der Waals surface area contributed by atoms with Gasteiger partial charge in [-0.2, -0.15) is 0 Å². The highest BCUT2D eigenvalue weighted by atomic mass is 16.2. The highest BCUT2D eigenvalue weighted by Gasteiger charge is 2.45. The minimum absolute atomic E-state index is 0.0392. The average Bonchev–Trinajstić information content (AvgIpc) is 3.23. The van der Waals surface area contributed by atoms with E-state index in [-0.39, 0.29) is 35.9 Å². The third-order valence-electron chi connectivity index (χ3n) is 4.81. The zero-order valence-corrected chi connectivity index (χ0v) is 13.9. The molecule has 1 aliphatic heterocycles. The summed E-state index contributed by atoms with van der Waals surface area (Å²) in [6.07, 6.45) is 6.24. The Morgan fingerprint density at radius 2 is 1.90 bits per heavy atom. The van der Waals surface area contributed by atoms with Gasteiger partial charge in [0, 0.05) is 6.04 Å². The van der Waals surface area contributed by atoms with E-state index in [0.717, 1.165) is 31.6 Å². The molecule has 1 saturated heterocycles. The quantitative estimate of drug-likeness (QED) is 0.785. The van der Waals surface area contributed by atoms with Crippen molar-refractivity contribution in [2.24, 2.45) is 11.8 Å². The van der Waals surface area contributed by atoms with Crippen molar-refractivity contribution in [3.63, 3.8) is 0 Å². The van der Waals surface area contributed by atoms with Gasteiger partial charge in [0.15, 0.2) is 0 Å². The first-order chi connectivity index (χ1) is 9.99. The Labute approximate surface area is 128 Å². The van der Waals surface area contributed by atoms with E-state index in [1.807, 2.05) is 18.7 Å². The van der Waals surface area contributed by atoms with E-state index >= 15 is 0 Å². The van der Waals surface area contributed by atoms with Gasteiger partial charge in [-0.15, -0.1) is 0 Å². The lowest BCUT2D eigenvalue weighted by atomic mass is 9.91. The molecule has 0 aromatic carbocycles. The molecule has 2 fully saturated rings. The Balaban J connectivity index is 2.23. The van der Waals surface area contributed by atoms with Crippen molar-refractivity contribution in [2.75, 3.05) is 0 Å². The number of nitrogens with zero attached hydrogens (tertiary/aromatic N) is 1. The van der Waals surface area contributed by atoms with Crippen LogP contribution >= 0.6 is 0 Å². The topological polar surface area (TPSA) is 49.4 Å². The molecule has 0 spiro atoms. The molecule has 21 heavy (non-hydrogen) atoms. The van der Waals surface area contributed by atoms with Crippen LogP contribution < -0.4 is 5.32 Å². The third kappa shape index (κ3) is 3.58. The Morgan fingerprint density at radius 1 is 1.24 bits per heavy atom. The van der Waals surface area contributed by atoms with Crippen LogP contribution in [-0.4, -0.2) is 34.8 Å². The summed E-state index contributed by atoms with van der Waals surface area (Å²) in [4.78, 5) is 27.3. The molecule has 4 nitrogen and oxygen atoms in total. The summed E-state index contributed by atoms with van der Waals surface area (Å²) in [7, 11) is 0. The Bertz CT molecular complexity index is 390. The predicted molar refractivity (Wildman–Crippen MR) is 83.7 cm³/mol. The van der Waals surface area contributed by atoms with Crippen LogP contribution in [0.1, 0.15) is 66.2 Å². The van der Waals surface area contributed by atoms with E-state index in [1.165, 1.54) is 12.8 Å². The smallest absolute Gasteiger partial charge is 0.246 e. The fourth-order valence-corrected chi connectivity index (χ4v) is 3.49. The minimum atomic E-state index is -0.314. The number of carbonyl (C=O) groups is 2. The summed E-state index contributed by atoms with van der Waals surface area (Å²) >= 11 is 0. The molecule has 3 atom stereocenters. The molecular formula is C17H30N2O2. The van der Waals surface area contributed by atoms with Crippen LogP contribution in [0.2, 0.25) is 0 Å². The van der Waals surface area contributed by atoms with E-state index < -0.39 is 0 Å². The van der Waals surface area contributed by atoms with E-state index in [1.54, 1.807) is 0 Å². The summed E-state index contributed by atoms with van der Waals surface area (Å²) in [6, 6.07) is -0.386. The number of hydrogen-bond acceptors (Lipinski definition) is 2. The number of hydrogen-bond donors (Lipinski definition) is 1. The lowest BCUT2D eigenvalue weighted by Gasteiger charge is -2.45. The van der Waals surface area contributed by atoms with Crippen LogP contribution in [0.15, 0.2) is 0 Å². The van der Waals surface area contributed by atoms with Crippen molar-refractivity contribution >= 4 is 11.8 Å². The average molecular weight is 294 g/mol. The fourth-order valence-electron chi connectivity index (χ4n) is 3.49. The maximum absolute atomic E-state index is 12.9. The lowest BCUT2D eigenvalue weighted by Crippen LogP contribution is -2.67. The Hall–Kier alpha value is -1.06.